The minimum absolute atomic E-state index is 0.0210. The Bertz CT molecular complexity index is 1330. The van der Waals surface area contributed by atoms with E-state index in [1.165, 1.54) is 6.08 Å². The summed E-state index contributed by atoms with van der Waals surface area (Å²) in [5.41, 5.74) is 3.11. The van der Waals surface area contributed by atoms with E-state index in [0.717, 1.165) is 28.9 Å². The number of amides is 1. The van der Waals surface area contributed by atoms with Crippen molar-refractivity contribution in [2.45, 2.75) is 18.5 Å². The third kappa shape index (κ3) is 5.20. The minimum atomic E-state index is -0.311. The van der Waals surface area contributed by atoms with Gasteiger partial charge in [-0.2, -0.15) is 4.98 Å². The Morgan fingerprint density at radius 3 is 2.51 bits per heavy atom. The zero-order valence-electron chi connectivity index (χ0n) is 19.1. The minimum Gasteiger partial charge on any atom is -0.497 e. The van der Waals surface area contributed by atoms with E-state index < -0.39 is 0 Å². The molecule has 0 fully saturated rings. The highest BCUT2D eigenvalue weighted by Gasteiger charge is 2.31. The molecule has 0 radical (unpaired) electrons. The maximum atomic E-state index is 12.5. The van der Waals surface area contributed by atoms with Gasteiger partial charge in [-0.3, -0.25) is 10.1 Å². The van der Waals surface area contributed by atoms with E-state index >= 15 is 0 Å². The van der Waals surface area contributed by atoms with Crippen LogP contribution in [0.4, 0.5) is 11.9 Å². The van der Waals surface area contributed by atoms with E-state index in [-0.39, 0.29) is 23.9 Å². The highest BCUT2D eigenvalue weighted by Crippen LogP contribution is 2.38. The average molecular weight is 486 g/mol. The van der Waals surface area contributed by atoms with Crippen LogP contribution < -0.4 is 15.4 Å². The second-order valence-corrected chi connectivity index (χ2v) is 8.65. The first-order chi connectivity index (χ1) is 17.1. The monoisotopic (exact) mass is 485 g/mol. The molecule has 1 aliphatic heterocycles. The van der Waals surface area contributed by atoms with Crippen molar-refractivity contribution in [2.24, 2.45) is 0 Å². The molecule has 0 spiro atoms. The van der Waals surface area contributed by atoms with Gasteiger partial charge in [-0.1, -0.05) is 66.2 Å². The molecular formula is C27H24ClN5O2. The van der Waals surface area contributed by atoms with Crippen molar-refractivity contribution in [3.63, 3.8) is 0 Å². The van der Waals surface area contributed by atoms with Crippen LogP contribution in [0.15, 0.2) is 84.9 Å². The summed E-state index contributed by atoms with van der Waals surface area (Å²) < 4.78 is 7.00. The van der Waals surface area contributed by atoms with E-state index in [4.69, 9.17) is 16.3 Å². The Morgan fingerprint density at radius 2 is 1.80 bits per heavy atom. The summed E-state index contributed by atoms with van der Waals surface area (Å²) in [6.45, 7) is 0. The lowest BCUT2D eigenvalue weighted by molar-refractivity contribution is -0.111. The predicted octanol–water partition coefficient (Wildman–Crippen LogP) is 5.74. The number of methoxy groups -OCH3 is 1. The maximum Gasteiger partial charge on any atom is 0.250 e. The highest BCUT2D eigenvalue weighted by molar-refractivity contribution is 6.30. The van der Waals surface area contributed by atoms with Gasteiger partial charge in [0.15, 0.2) is 0 Å². The molecular weight excluding hydrogens is 462 g/mol. The van der Waals surface area contributed by atoms with E-state index in [0.29, 0.717) is 11.0 Å². The fraction of sp³-hybridized carbons (Fsp3) is 0.148. The number of hydrogen-bond donors (Lipinski definition) is 2. The molecule has 0 saturated heterocycles. The number of benzene rings is 3. The Kier molecular flexibility index (Phi) is 6.50. The number of carbonyl (C=O) groups is 1. The summed E-state index contributed by atoms with van der Waals surface area (Å²) in [4.78, 5) is 17.1. The van der Waals surface area contributed by atoms with E-state index in [1.54, 1.807) is 13.2 Å². The number of aromatic nitrogens is 3. The van der Waals surface area contributed by atoms with E-state index in [9.17, 15) is 4.79 Å². The predicted molar refractivity (Wildman–Crippen MR) is 138 cm³/mol. The van der Waals surface area contributed by atoms with Gasteiger partial charge in [0.2, 0.25) is 5.95 Å². The number of carbonyl (C=O) groups excluding carboxylic acids is 1. The Balaban J connectivity index is 1.37. The molecule has 2 heterocycles. The summed E-state index contributed by atoms with van der Waals surface area (Å²) in [7, 11) is 1.62. The molecule has 0 aliphatic carbocycles. The number of rotatable bonds is 6. The van der Waals surface area contributed by atoms with Gasteiger partial charge in [-0.05, 0) is 53.5 Å². The van der Waals surface area contributed by atoms with Gasteiger partial charge in [-0.15, -0.1) is 5.10 Å². The number of anilines is 2. The van der Waals surface area contributed by atoms with Crippen LogP contribution in [0.5, 0.6) is 5.75 Å². The molecule has 1 amide bonds. The lowest BCUT2D eigenvalue weighted by atomic mass is 9.93. The molecule has 8 heteroatoms. The smallest absolute Gasteiger partial charge is 0.250 e. The fourth-order valence-corrected chi connectivity index (χ4v) is 4.26. The van der Waals surface area contributed by atoms with Crippen LogP contribution in [0, 0.1) is 0 Å². The van der Waals surface area contributed by atoms with Crippen LogP contribution in [-0.2, 0) is 4.79 Å². The Labute approximate surface area is 208 Å². The standard InChI is InChI=1S/C27H24ClN5O2/c1-35-22-14-7-18(8-15-22)9-16-25(34)30-26-31-27-29-23(19-10-12-21(28)13-11-19)17-24(33(27)32-26)20-5-3-2-4-6-20/h2-16,23-24H,17H2,1H3,(H2,29,30,31,32,34)/b16-9+/t23-,24-/m0/s1. The molecule has 0 bridgehead atoms. The summed E-state index contributed by atoms with van der Waals surface area (Å²) >= 11 is 6.09. The van der Waals surface area contributed by atoms with Gasteiger partial charge in [0.1, 0.15) is 5.75 Å². The molecule has 7 nitrogen and oxygen atoms in total. The number of ether oxygens (including phenoxy) is 1. The summed E-state index contributed by atoms with van der Waals surface area (Å²) in [5.74, 6) is 1.29. The van der Waals surface area contributed by atoms with Crippen LogP contribution in [0.1, 0.15) is 35.2 Å². The summed E-state index contributed by atoms with van der Waals surface area (Å²) in [6.07, 6.45) is 3.96. The molecule has 35 heavy (non-hydrogen) atoms. The Hall–Kier alpha value is -4.10. The lowest BCUT2D eigenvalue weighted by Gasteiger charge is -2.31. The van der Waals surface area contributed by atoms with E-state index in [2.05, 4.69) is 32.8 Å². The van der Waals surface area contributed by atoms with Crippen molar-refractivity contribution in [2.75, 3.05) is 17.7 Å². The molecule has 176 valence electrons. The molecule has 5 rings (SSSR count). The van der Waals surface area contributed by atoms with Gasteiger partial charge in [0.25, 0.3) is 11.9 Å². The molecule has 2 N–H and O–H groups in total. The molecule has 0 unspecified atom stereocenters. The number of hydrogen-bond acceptors (Lipinski definition) is 5. The van der Waals surface area contributed by atoms with Crippen molar-refractivity contribution in [1.82, 2.24) is 14.8 Å². The third-order valence-electron chi connectivity index (χ3n) is 5.92. The van der Waals surface area contributed by atoms with Gasteiger partial charge < -0.3 is 10.1 Å². The Morgan fingerprint density at radius 1 is 1.06 bits per heavy atom. The van der Waals surface area contributed by atoms with Gasteiger partial charge in [-0.25, -0.2) is 4.68 Å². The van der Waals surface area contributed by atoms with Crippen molar-refractivity contribution < 1.29 is 9.53 Å². The van der Waals surface area contributed by atoms with Gasteiger partial charge >= 0.3 is 0 Å². The first kappa shape index (κ1) is 22.7. The normalized spacial score (nSPS) is 17.0. The number of nitrogens with zero attached hydrogens (tertiary/aromatic N) is 3. The van der Waals surface area contributed by atoms with Crippen LogP contribution >= 0.6 is 11.6 Å². The molecule has 3 aromatic carbocycles. The second-order valence-electron chi connectivity index (χ2n) is 8.21. The van der Waals surface area contributed by atoms with Crippen LogP contribution in [0.3, 0.4) is 0 Å². The SMILES string of the molecule is COc1ccc(/C=C/C(=O)Nc2nc3n(n2)[C@H](c2ccccc2)C[C@@H](c2ccc(Cl)cc2)N3)cc1. The first-order valence-corrected chi connectivity index (χ1v) is 11.6. The summed E-state index contributed by atoms with van der Waals surface area (Å²) in [5, 5.41) is 11.5. The molecule has 0 saturated carbocycles. The summed E-state index contributed by atoms with van der Waals surface area (Å²) in [6, 6.07) is 25.4. The maximum absolute atomic E-state index is 12.5. The number of halogens is 1. The van der Waals surface area contributed by atoms with Crippen molar-refractivity contribution in [3.8, 4) is 5.75 Å². The molecule has 2 atom stereocenters. The lowest BCUT2D eigenvalue weighted by Crippen LogP contribution is -2.28. The van der Waals surface area contributed by atoms with Gasteiger partial charge in [0.05, 0.1) is 19.2 Å². The zero-order chi connectivity index (χ0) is 24.2. The van der Waals surface area contributed by atoms with Crippen molar-refractivity contribution in [3.05, 3.63) is 107 Å². The van der Waals surface area contributed by atoms with Gasteiger partial charge in [0, 0.05) is 11.1 Å². The quantitative estimate of drug-likeness (QED) is 0.340. The van der Waals surface area contributed by atoms with Crippen molar-refractivity contribution in [1.29, 1.82) is 0 Å². The highest BCUT2D eigenvalue weighted by atomic mass is 35.5. The average Bonchev–Trinajstić information content (AvgIpc) is 3.30. The van der Waals surface area contributed by atoms with Crippen LogP contribution in [0.25, 0.3) is 6.08 Å². The van der Waals surface area contributed by atoms with Crippen LogP contribution in [-0.4, -0.2) is 27.8 Å². The zero-order valence-corrected chi connectivity index (χ0v) is 19.8. The fourth-order valence-electron chi connectivity index (χ4n) is 4.14. The van der Waals surface area contributed by atoms with Crippen molar-refractivity contribution >= 4 is 35.5 Å². The molecule has 1 aromatic heterocycles. The largest absolute Gasteiger partial charge is 0.497 e. The molecule has 1 aliphatic rings. The third-order valence-corrected chi connectivity index (χ3v) is 6.18. The second kappa shape index (κ2) is 10.0. The number of nitrogens with one attached hydrogen (secondary N) is 2. The van der Waals surface area contributed by atoms with Crippen LogP contribution in [0.2, 0.25) is 5.02 Å². The topological polar surface area (TPSA) is 81.1 Å². The van der Waals surface area contributed by atoms with E-state index in [1.807, 2.05) is 71.4 Å². The number of fused-ring (bicyclic) bond motifs is 1. The molecule has 4 aromatic rings. The first-order valence-electron chi connectivity index (χ1n) is 11.3.